The number of piperidine rings is 1. The van der Waals surface area contributed by atoms with E-state index in [2.05, 4.69) is 4.98 Å². The third kappa shape index (κ3) is 3.51. The second kappa shape index (κ2) is 7.44. The Labute approximate surface area is 159 Å². The molecule has 27 heavy (non-hydrogen) atoms. The first-order valence-corrected chi connectivity index (χ1v) is 10.2. The zero-order chi connectivity index (χ0) is 19.0. The molecule has 0 aromatic carbocycles. The number of nitrogens with one attached hydrogen (secondary N) is 1. The number of likely N-dealkylation sites (tertiary alicyclic amines) is 1. The number of aromatic nitrogens is 2. The van der Waals surface area contributed by atoms with Gasteiger partial charge in [0.25, 0.3) is 5.56 Å². The average Bonchev–Trinajstić information content (AvgIpc) is 3.22. The van der Waals surface area contributed by atoms with Gasteiger partial charge >= 0.3 is 0 Å². The SMILES string of the molecule is CC(=O)N1CCc2nc([C@H]3CCCCN3C(=O)C3CCCC3)[nH]c(=O)c2C1. The molecular weight excluding hydrogens is 344 g/mol. The number of aromatic amines is 1. The van der Waals surface area contributed by atoms with Gasteiger partial charge in [0.05, 0.1) is 23.8 Å². The summed E-state index contributed by atoms with van der Waals surface area (Å²) in [6.07, 6.45) is 7.73. The van der Waals surface area contributed by atoms with Crippen LogP contribution < -0.4 is 5.56 Å². The predicted octanol–water partition coefficient (Wildman–Crippen LogP) is 1.92. The minimum absolute atomic E-state index is 0.0234. The number of H-pyrrole nitrogens is 1. The fraction of sp³-hybridized carbons (Fsp3) is 0.700. The predicted molar refractivity (Wildman–Crippen MR) is 99.9 cm³/mol. The van der Waals surface area contributed by atoms with Gasteiger partial charge in [-0.05, 0) is 32.1 Å². The van der Waals surface area contributed by atoms with Gasteiger partial charge in [-0.1, -0.05) is 12.8 Å². The Bertz CT molecular complexity index is 797. The number of nitrogens with zero attached hydrogens (tertiary/aromatic N) is 3. The van der Waals surface area contributed by atoms with E-state index in [4.69, 9.17) is 4.98 Å². The van der Waals surface area contributed by atoms with Crippen molar-refractivity contribution in [2.45, 2.75) is 70.9 Å². The fourth-order valence-electron chi connectivity index (χ4n) is 4.76. The van der Waals surface area contributed by atoms with Crippen molar-refractivity contribution in [2.24, 2.45) is 5.92 Å². The monoisotopic (exact) mass is 372 g/mol. The molecule has 1 aliphatic carbocycles. The highest BCUT2D eigenvalue weighted by Gasteiger charge is 2.35. The summed E-state index contributed by atoms with van der Waals surface area (Å²) in [5.41, 5.74) is 1.20. The summed E-state index contributed by atoms with van der Waals surface area (Å²) in [5.74, 6) is 0.977. The van der Waals surface area contributed by atoms with Crippen molar-refractivity contribution in [3.8, 4) is 0 Å². The summed E-state index contributed by atoms with van der Waals surface area (Å²) >= 11 is 0. The van der Waals surface area contributed by atoms with E-state index in [-0.39, 0.29) is 29.3 Å². The zero-order valence-electron chi connectivity index (χ0n) is 16.0. The van der Waals surface area contributed by atoms with Gasteiger partial charge in [-0.3, -0.25) is 14.4 Å². The van der Waals surface area contributed by atoms with Crippen LogP contribution in [0.4, 0.5) is 0 Å². The number of hydrogen-bond acceptors (Lipinski definition) is 4. The molecule has 0 radical (unpaired) electrons. The molecule has 2 aliphatic heterocycles. The highest BCUT2D eigenvalue weighted by atomic mass is 16.2. The van der Waals surface area contributed by atoms with E-state index >= 15 is 0 Å². The Hall–Kier alpha value is -2.18. The molecule has 0 bridgehead atoms. The van der Waals surface area contributed by atoms with Crippen LogP contribution in [0.2, 0.25) is 0 Å². The van der Waals surface area contributed by atoms with Crippen LogP contribution in [0.3, 0.4) is 0 Å². The first-order valence-electron chi connectivity index (χ1n) is 10.2. The molecule has 2 fully saturated rings. The molecule has 1 aromatic rings. The van der Waals surface area contributed by atoms with Crippen molar-refractivity contribution in [3.05, 3.63) is 27.4 Å². The van der Waals surface area contributed by atoms with Gasteiger partial charge in [-0.15, -0.1) is 0 Å². The maximum atomic E-state index is 13.0. The van der Waals surface area contributed by atoms with Crippen molar-refractivity contribution >= 4 is 11.8 Å². The van der Waals surface area contributed by atoms with Crippen LogP contribution in [0.25, 0.3) is 0 Å². The quantitative estimate of drug-likeness (QED) is 0.859. The normalized spacial score (nSPS) is 23.4. The third-order valence-electron chi connectivity index (χ3n) is 6.34. The van der Waals surface area contributed by atoms with Gasteiger partial charge in [0.15, 0.2) is 0 Å². The number of rotatable bonds is 2. The molecule has 7 heteroatoms. The van der Waals surface area contributed by atoms with Crippen LogP contribution in [-0.2, 0) is 22.6 Å². The third-order valence-corrected chi connectivity index (χ3v) is 6.34. The molecule has 0 unspecified atom stereocenters. The number of carbonyl (C=O) groups is 2. The minimum Gasteiger partial charge on any atom is -0.338 e. The Morgan fingerprint density at radius 3 is 2.56 bits per heavy atom. The second-order valence-electron chi connectivity index (χ2n) is 8.09. The molecule has 3 aliphatic rings. The summed E-state index contributed by atoms with van der Waals surface area (Å²) in [5, 5.41) is 0. The molecule has 3 heterocycles. The smallest absolute Gasteiger partial charge is 0.256 e. The van der Waals surface area contributed by atoms with Crippen molar-refractivity contribution in [1.82, 2.24) is 19.8 Å². The van der Waals surface area contributed by atoms with Gasteiger partial charge in [-0.25, -0.2) is 4.98 Å². The molecule has 146 valence electrons. The lowest BCUT2D eigenvalue weighted by Gasteiger charge is -2.37. The Morgan fingerprint density at radius 2 is 1.81 bits per heavy atom. The van der Waals surface area contributed by atoms with Crippen LogP contribution in [0.1, 0.15) is 75.0 Å². The lowest BCUT2D eigenvalue weighted by Crippen LogP contribution is -2.43. The van der Waals surface area contributed by atoms with Crippen LogP contribution >= 0.6 is 0 Å². The standard InChI is InChI=1S/C20H28N4O3/c1-13(25)23-11-9-16-15(12-23)19(26)22-18(21-16)17-8-4-5-10-24(17)20(27)14-6-2-3-7-14/h14,17H,2-12H2,1H3,(H,21,22,26)/t17-/m1/s1. The van der Waals surface area contributed by atoms with Crippen LogP contribution in [0.15, 0.2) is 4.79 Å². The molecule has 2 amide bonds. The van der Waals surface area contributed by atoms with E-state index in [9.17, 15) is 14.4 Å². The number of hydrogen-bond donors (Lipinski definition) is 1. The van der Waals surface area contributed by atoms with Crippen LogP contribution in [-0.4, -0.2) is 44.7 Å². The van der Waals surface area contributed by atoms with E-state index < -0.39 is 0 Å². The van der Waals surface area contributed by atoms with Gasteiger partial charge < -0.3 is 14.8 Å². The lowest BCUT2D eigenvalue weighted by atomic mass is 9.97. The maximum Gasteiger partial charge on any atom is 0.256 e. The largest absolute Gasteiger partial charge is 0.338 e. The van der Waals surface area contributed by atoms with E-state index in [1.165, 1.54) is 6.92 Å². The molecule has 1 atom stereocenters. The Morgan fingerprint density at radius 1 is 1.07 bits per heavy atom. The molecule has 4 rings (SSSR count). The summed E-state index contributed by atoms with van der Waals surface area (Å²) in [6.45, 7) is 3.19. The average molecular weight is 372 g/mol. The Kier molecular flexibility index (Phi) is 5.02. The van der Waals surface area contributed by atoms with Gasteiger partial charge in [0.1, 0.15) is 5.82 Å². The summed E-state index contributed by atoms with van der Waals surface area (Å²) in [4.78, 5) is 48.7. The summed E-state index contributed by atoms with van der Waals surface area (Å²) in [7, 11) is 0. The molecule has 7 nitrogen and oxygen atoms in total. The first kappa shape index (κ1) is 18.2. The van der Waals surface area contributed by atoms with Crippen molar-refractivity contribution in [1.29, 1.82) is 0 Å². The number of amides is 2. The topological polar surface area (TPSA) is 86.4 Å². The molecular formula is C20H28N4O3. The molecule has 1 saturated carbocycles. The zero-order valence-corrected chi connectivity index (χ0v) is 16.0. The first-order chi connectivity index (χ1) is 13.0. The molecule has 1 saturated heterocycles. The number of carbonyl (C=O) groups excluding carboxylic acids is 2. The van der Waals surface area contributed by atoms with E-state index in [1.807, 2.05) is 4.90 Å². The Balaban J connectivity index is 1.61. The van der Waals surface area contributed by atoms with Crippen molar-refractivity contribution in [3.63, 3.8) is 0 Å². The summed E-state index contributed by atoms with van der Waals surface area (Å²) in [6, 6.07) is -0.129. The molecule has 0 spiro atoms. The minimum atomic E-state index is -0.167. The second-order valence-corrected chi connectivity index (χ2v) is 8.09. The highest BCUT2D eigenvalue weighted by molar-refractivity contribution is 5.79. The van der Waals surface area contributed by atoms with Crippen LogP contribution in [0, 0.1) is 5.92 Å². The van der Waals surface area contributed by atoms with Gasteiger partial charge in [0.2, 0.25) is 11.8 Å². The van der Waals surface area contributed by atoms with Crippen LogP contribution in [0.5, 0.6) is 0 Å². The molecule has 1 N–H and O–H groups in total. The molecule has 1 aromatic heterocycles. The van der Waals surface area contributed by atoms with E-state index in [0.717, 1.165) is 57.2 Å². The van der Waals surface area contributed by atoms with Gasteiger partial charge in [0, 0.05) is 32.4 Å². The summed E-state index contributed by atoms with van der Waals surface area (Å²) < 4.78 is 0. The van der Waals surface area contributed by atoms with Crippen molar-refractivity contribution in [2.75, 3.05) is 13.1 Å². The van der Waals surface area contributed by atoms with Gasteiger partial charge in [-0.2, -0.15) is 0 Å². The maximum absolute atomic E-state index is 13.0. The highest BCUT2D eigenvalue weighted by Crippen LogP contribution is 2.34. The van der Waals surface area contributed by atoms with E-state index in [0.29, 0.717) is 30.9 Å². The van der Waals surface area contributed by atoms with Crippen molar-refractivity contribution < 1.29 is 9.59 Å². The fourth-order valence-corrected chi connectivity index (χ4v) is 4.76. The number of fused-ring (bicyclic) bond motifs is 1. The van der Waals surface area contributed by atoms with E-state index in [1.54, 1.807) is 4.90 Å². The lowest BCUT2D eigenvalue weighted by molar-refractivity contribution is -0.139.